The van der Waals surface area contributed by atoms with Crippen LogP contribution in [-0.2, 0) is 14.3 Å². The molecule has 0 bridgehead atoms. The van der Waals surface area contributed by atoms with Crippen LogP contribution in [0.25, 0.3) is 0 Å². The van der Waals surface area contributed by atoms with E-state index in [4.69, 9.17) is 16.3 Å². The molecule has 1 amide bonds. The monoisotopic (exact) mass is 365 g/mol. The van der Waals surface area contributed by atoms with Gasteiger partial charge in [0, 0.05) is 29.7 Å². The summed E-state index contributed by atoms with van der Waals surface area (Å²) in [7, 11) is 0. The van der Waals surface area contributed by atoms with Gasteiger partial charge in [0.25, 0.3) is 0 Å². The smallest absolute Gasteiger partial charge is 0.333 e. The highest BCUT2D eigenvalue weighted by molar-refractivity contribution is 6.31. The Bertz CT molecular complexity index is 656. The maximum Gasteiger partial charge on any atom is 0.333 e. The second-order valence-corrected chi connectivity index (χ2v) is 6.72. The van der Waals surface area contributed by atoms with Gasteiger partial charge in [-0.1, -0.05) is 30.3 Å². The summed E-state index contributed by atoms with van der Waals surface area (Å²) in [5.74, 6) is -1.68. The number of ether oxygens (including phenoxy) is 1. The fourth-order valence-corrected chi connectivity index (χ4v) is 3.28. The van der Waals surface area contributed by atoms with Gasteiger partial charge in [0.15, 0.2) is 0 Å². The van der Waals surface area contributed by atoms with Crippen LogP contribution in [0.3, 0.4) is 0 Å². The largest absolute Gasteiger partial charge is 0.478 e. The Morgan fingerprint density at radius 1 is 1.48 bits per heavy atom. The number of amides is 1. The van der Waals surface area contributed by atoms with Crippen molar-refractivity contribution in [3.8, 4) is 0 Å². The molecule has 5 nitrogen and oxygen atoms in total. The van der Waals surface area contributed by atoms with Gasteiger partial charge in [-0.3, -0.25) is 4.79 Å². The van der Waals surface area contributed by atoms with Crippen LogP contribution in [0.15, 0.2) is 46.7 Å². The van der Waals surface area contributed by atoms with Crippen molar-refractivity contribution in [1.29, 1.82) is 0 Å². The minimum absolute atomic E-state index is 0.0258. The SMILES string of the molecule is C=C(/C=C\C(Cl)=C/C)[C@@H]1CC(=O)N(C[C@H]2CCCO2)C(C)=C1C(=O)O. The molecular formula is C19H24ClNO4. The number of carboxylic acid groups (broad SMARTS) is 1. The van der Waals surface area contributed by atoms with Gasteiger partial charge in [-0.2, -0.15) is 0 Å². The number of carboxylic acids is 1. The Morgan fingerprint density at radius 2 is 2.20 bits per heavy atom. The number of hydrogen-bond donors (Lipinski definition) is 1. The topological polar surface area (TPSA) is 66.8 Å². The van der Waals surface area contributed by atoms with Crippen LogP contribution < -0.4 is 0 Å². The summed E-state index contributed by atoms with van der Waals surface area (Å²) < 4.78 is 5.59. The highest BCUT2D eigenvalue weighted by Gasteiger charge is 2.37. The highest BCUT2D eigenvalue weighted by atomic mass is 35.5. The van der Waals surface area contributed by atoms with Gasteiger partial charge in [0.05, 0.1) is 18.2 Å². The van der Waals surface area contributed by atoms with Crippen LogP contribution in [0.4, 0.5) is 0 Å². The molecule has 0 aromatic carbocycles. The van der Waals surface area contributed by atoms with Gasteiger partial charge in [0.1, 0.15) is 0 Å². The summed E-state index contributed by atoms with van der Waals surface area (Å²) in [6, 6.07) is 0. The third kappa shape index (κ3) is 4.61. The second kappa shape index (κ2) is 8.50. The maximum atomic E-state index is 12.6. The summed E-state index contributed by atoms with van der Waals surface area (Å²) in [6.07, 6.45) is 6.97. The van der Waals surface area contributed by atoms with Crippen molar-refractivity contribution in [2.75, 3.05) is 13.2 Å². The van der Waals surface area contributed by atoms with Gasteiger partial charge in [-0.05, 0) is 38.3 Å². The fourth-order valence-electron chi connectivity index (χ4n) is 3.22. The predicted octanol–water partition coefficient (Wildman–Crippen LogP) is 3.63. The lowest BCUT2D eigenvalue weighted by Gasteiger charge is -2.35. The zero-order valence-corrected chi connectivity index (χ0v) is 15.4. The van der Waals surface area contributed by atoms with E-state index in [2.05, 4.69) is 6.58 Å². The number of allylic oxidation sites excluding steroid dienone is 6. The Hall–Kier alpha value is -1.85. The van der Waals surface area contributed by atoms with Crippen LogP contribution in [0.2, 0.25) is 0 Å². The molecule has 1 N–H and O–H groups in total. The first-order valence-electron chi connectivity index (χ1n) is 8.39. The van der Waals surface area contributed by atoms with Crippen molar-refractivity contribution < 1.29 is 19.4 Å². The second-order valence-electron chi connectivity index (χ2n) is 6.28. The average Bonchev–Trinajstić information content (AvgIpc) is 3.08. The Morgan fingerprint density at radius 3 is 2.76 bits per heavy atom. The molecule has 0 unspecified atom stereocenters. The summed E-state index contributed by atoms with van der Waals surface area (Å²) in [4.78, 5) is 26.0. The fraction of sp³-hybridized carbons (Fsp3) is 0.474. The average molecular weight is 366 g/mol. The van der Waals surface area contributed by atoms with Gasteiger partial charge in [-0.25, -0.2) is 4.79 Å². The number of rotatable bonds is 6. The molecule has 2 aliphatic rings. The standard InChI is InChI=1S/C19H24ClNO4/c1-4-14(20)8-7-12(2)16-10-17(22)21(11-15-6-5-9-25-15)13(3)18(16)19(23)24/h4,7-8,15-16H,2,5-6,9-11H2,1,3H3,(H,23,24)/b8-7-,14-4+/t15-,16+/m1/s1. The van der Waals surface area contributed by atoms with Crippen LogP contribution in [0, 0.1) is 5.92 Å². The molecule has 1 fully saturated rings. The van der Waals surface area contributed by atoms with E-state index >= 15 is 0 Å². The van der Waals surface area contributed by atoms with E-state index < -0.39 is 11.9 Å². The van der Waals surface area contributed by atoms with E-state index in [1.165, 1.54) is 0 Å². The van der Waals surface area contributed by atoms with E-state index in [0.717, 1.165) is 12.8 Å². The van der Waals surface area contributed by atoms with Gasteiger partial charge >= 0.3 is 5.97 Å². The lowest BCUT2D eigenvalue weighted by Crippen LogP contribution is -2.42. The Balaban J connectivity index is 2.28. The molecular weight excluding hydrogens is 342 g/mol. The van der Waals surface area contributed by atoms with E-state index in [1.54, 1.807) is 37.0 Å². The molecule has 0 aromatic rings. The Kier molecular flexibility index (Phi) is 6.62. The summed E-state index contributed by atoms with van der Waals surface area (Å²) in [5.41, 5.74) is 1.24. The van der Waals surface area contributed by atoms with Crippen LogP contribution in [0.1, 0.15) is 33.1 Å². The van der Waals surface area contributed by atoms with Gasteiger partial charge < -0.3 is 14.7 Å². The van der Waals surface area contributed by atoms with Crippen LogP contribution >= 0.6 is 11.6 Å². The third-order valence-electron chi connectivity index (χ3n) is 4.64. The first-order chi connectivity index (χ1) is 11.8. The molecule has 0 aliphatic carbocycles. The van der Waals surface area contributed by atoms with Gasteiger partial charge in [0.2, 0.25) is 5.91 Å². The molecule has 136 valence electrons. The first kappa shape index (κ1) is 19.5. The molecule has 0 saturated carbocycles. The molecule has 1 saturated heterocycles. The number of carbonyl (C=O) groups excluding carboxylic acids is 1. The molecule has 0 spiro atoms. The molecule has 2 heterocycles. The number of halogens is 1. The number of aliphatic carboxylic acids is 1. The lowest BCUT2D eigenvalue weighted by atomic mass is 9.83. The van der Waals surface area contributed by atoms with Crippen molar-refractivity contribution in [3.05, 3.63) is 46.7 Å². The molecule has 2 rings (SSSR count). The molecule has 2 atom stereocenters. The molecule has 2 aliphatic heterocycles. The normalized spacial score (nSPS) is 25.2. The van der Waals surface area contributed by atoms with Crippen LogP contribution in [-0.4, -0.2) is 41.1 Å². The van der Waals surface area contributed by atoms with E-state index in [9.17, 15) is 14.7 Å². The van der Waals surface area contributed by atoms with Crippen molar-refractivity contribution in [1.82, 2.24) is 4.90 Å². The number of hydrogen-bond acceptors (Lipinski definition) is 3. The van der Waals surface area contributed by atoms with Crippen LogP contribution in [0.5, 0.6) is 0 Å². The van der Waals surface area contributed by atoms with Crippen molar-refractivity contribution in [2.45, 2.75) is 39.2 Å². The van der Waals surface area contributed by atoms with E-state index in [-0.39, 0.29) is 24.0 Å². The van der Waals surface area contributed by atoms with Gasteiger partial charge in [-0.15, -0.1) is 0 Å². The third-order valence-corrected chi connectivity index (χ3v) is 4.99. The highest BCUT2D eigenvalue weighted by Crippen LogP contribution is 2.34. The van der Waals surface area contributed by atoms with E-state index in [1.807, 2.05) is 0 Å². The minimum atomic E-state index is -1.03. The quantitative estimate of drug-likeness (QED) is 0.730. The maximum absolute atomic E-state index is 12.6. The first-order valence-corrected chi connectivity index (χ1v) is 8.77. The molecule has 0 radical (unpaired) electrons. The van der Waals surface area contributed by atoms with Crippen molar-refractivity contribution in [3.63, 3.8) is 0 Å². The number of carbonyl (C=O) groups is 2. The summed E-state index contributed by atoms with van der Waals surface area (Å²) >= 11 is 5.94. The predicted molar refractivity (Wildman–Crippen MR) is 97.0 cm³/mol. The molecule has 0 aromatic heterocycles. The lowest BCUT2D eigenvalue weighted by molar-refractivity contribution is -0.136. The zero-order valence-electron chi connectivity index (χ0n) is 14.6. The summed E-state index contributed by atoms with van der Waals surface area (Å²) in [6.45, 7) is 8.52. The minimum Gasteiger partial charge on any atom is -0.478 e. The molecule has 6 heteroatoms. The summed E-state index contributed by atoms with van der Waals surface area (Å²) in [5, 5.41) is 10.2. The van der Waals surface area contributed by atoms with E-state index in [0.29, 0.717) is 29.5 Å². The zero-order chi connectivity index (χ0) is 18.6. The van der Waals surface area contributed by atoms with Crippen molar-refractivity contribution in [2.24, 2.45) is 5.92 Å². The van der Waals surface area contributed by atoms with Crippen molar-refractivity contribution >= 4 is 23.5 Å². The number of nitrogens with zero attached hydrogens (tertiary/aromatic N) is 1. The molecule has 25 heavy (non-hydrogen) atoms. The Labute approximate surface area is 153 Å².